The molecule has 0 spiro atoms. The van der Waals surface area contributed by atoms with Crippen LogP contribution in [0.2, 0.25) is 0 Å². The maximum absolute atomic E-state index is 12.9. The minimum absolute atomic E-state index is 0.250. The molecular weight excluding hydrogens is 219 g/mol. The summed E-state index contributed by atoms with van der Waals surface area (Å²) in [6.45, 7) is 3.67. The lowest BCUT2D eigenvalue weighted by Gasteiger charge is -2.10. The summed E-state index contributed by atoms with van der Waals surface area (Å²) in [4.78, 5) is 0. The quantitative estimate of drug-likeness (QED) is 0.883. The molecule has 0 aliphatic rings. The van der Waals surface area contributed by atoms with Crippen LogP contribution in [0.15, 0.2) is 34.9 Å². The predicted molar refractivity (Wildman–Crippen MR) is 63.2 cm³/mol. The van der Waals surface area contributed by atoms with Crippen LogP contribution in [-0.2, 0) is 6.42 Å². The lowest BCUT2D eigenvalue weighted by Crippen LogP contribution is -2.02. The van der Waals surface area contributed by atoms with Crippen LogP contribution in [0.3, 0.4) is 0 Å². The van der Waals surface area contributed by atoms with E-state index in [1.165, 1.54) is 12.1 Å². The van der Waals surface area contributed by atoms with Crippen LogP contribution < -0.4 is 0 Å². The van der Waals surface area contributed by atoms with Gasteiger partial charge in [0.1, 0.15) is 11.6 Å². The first-order chi connectivity index (χ1) is 8.06. The molecule has 0 saturated heterocycles. The van der Waals surface area contributed by atoms with Crippen LogP contribution in [0.1, 0.15) is 28.6 Å². The average Bonchev–Trinajstić information content (AvgIpc) is 2.69. The van der Waals surface area contributed by atoms with Crippen LogP contribution in [0.4, 0.5) is 4.39 Å². The van der Waals surface area contributed by atoms with Gasteiger partial charge in [-0.1, -0.05) is 6.07 Å². The highest BCUT2D eigenvalue weighted by atomic mass is 19.1. The second-order valence-electron chi connectivity index (χ2n) is 4.28. The number of aliphatic hydroxyl groups is 1. The van der Waals surface area contributed by atoms with Crippen molar-refractivity contribution in [3.8, 4) is 0 Å². The van der Waals surface area contributed by atoms with Crippen LogP contribution in [0.25, 0.3) is 0 Å². The fourth-order valence-corrected chi connectivity index (χ4v) is 1.85. The molecule has 0 aliphatic heterocycles. The molecule has 3 heteroatoms. The highest BCUT2D eigenvalue weighted by molar-refractivity contribution is 5.28. The average molecular weight is 234 g/mol. The summed E-state index contributed by atoms with van der Waals surface area (Å²) >= 11 is 0. The molecule has 2 nitrogen and oxygen atoms in total. The normalized spacial score (nSPS) is 12.7. The molecule has 1 N–H and O–H groups in total. The van der Waals surface area contributed by atoms with Gasteiger partial charge < -0.3 is 9.52 Å². The van der Waals surface area contributed by atoms with Crippen molar-refractivity contribution in [3.05, 3.63) is 58.8 Å². The third kappa shape index (κ3) is 2.74. The molecule has 0 radical (unpaired) electrons. The van der Waals surface area contributed by atoms with Crippen molar-refractivity contribution < 1.29 is 13.9 Å². The summed E-state index contributed by atoms with van der Waals surface area (Å²) in [5.41, 5.74) is 2.55. The van der Waals surface area contributed by atoms with Crippen LogP contribution in [0.5, 0.6) is 0 Å². The van der Waals surface area contributed by atoms with Crippen molar-refractivity contribution in [2.45, 2.75) is 26.4 Å². The molecule has 90 valence electrons. The summed E-state index contributed by atoms with van der Waals surface area (Å²) in [5.74, 6) is 0.523. The van der Waals surface area contributed by atoms with Gasteiger partial charge in [0, 0.05) is 12.0 Å². The summed E-state index contributed by atoms with van der Waals surface area (Å²) in [6, 6.07) is 6.41. The Morgan fingerprint density at radius 3 is 2.65 bits per heavy atom. The predicted octanol–water partition coefficient (Wildman–Crippen LogP) is 3.31. The molecule has 0 fully saturated rings. The summed E-state index contributed by atoms with van der Waals surface area (Å²) in [5, 5.41) is 10.0. The monoisotopic (exact) mass is 234 g/mol. The van der Waals surface area contributed by atoms with E-state index in [9.17, 15) is 9.50 Å². The van der Waals surface area contributed by atoms with Gasteiger partial charge >= 0.3 is 0 Å². The van der Waals surface area contributed by atoms with Gasteiger partial charge in [-0.05, 0) is 43.2 Å². The summed E-state index contributed by atoms with van der Waals surface area (Å²) in [7, 11) is 0. The van der Waals surface area contributed by atoms with Crippen molar-refractivity contribution in [3.63, 3.8) is 0 Å². The zero-order chi connectivity index (χ0) is 12.4. The van der Waals surface area contributed by atoms with E-state index in [0.717, 1.165) is 22.5 Å². The molecule has 17 heavy (non-hydrogen) atoms. The maximum Gasteiger partial charge on any atom is 0.123 e. The van der Waals surface area contributed by atoms with Crippen LogP contribution in [0, 0.1) is 19.7 Å². The molecule has 1 atom stereocenters. The van der Waals surface area contributed by atoms with Crippen molar-refractivity contribution in [2.24, 2.45) is 0 Å². The fraction of sp³-hybridized carbons (Fsp3) is 0.286. The van der Waals surface area contributed by atoms with E-state index in [4.69, 9.17) is 4.42 Å². The number of aliphatic hydroxyl groups excluding tert-OH is 1. The Hall–Kier alpha value is -1.61. The Bertz CT molecular complexity index is 517. The van der Waals surface area contributed by atoms with E-state index in [-0.39, 0.29) is 5.82 Å². The fourth-order valence-electron chi connectivity index (χ4n) is 1.85. The smallest absolute Gasteiger partial charge is 0.123 e. The van der Waals surface area contributed by atoms with E-state index in [2.05, 4.69) is 0 Å². The molecule has 1 aromatic carbocycles. The first-order valence-corrected chi connectivity index (χ1v) is 5.54. The minimum Gasteiger partial charge on any atom is -0.469 e. The number of benzene rings is 1. The molecule has 1 heterocycles. The molecule has 2 rings (SSSR count). The van der Waals surface area contributed by atoms with Crippen molar-refractivity contribution in [2.75, 3.05) is 0 Å². The molecular formula is C14H15FO2. The number of hydrogen-bond acceptors (Lipinski definition) is 2. The number of halogens is 1. The Labute approximate surface area is 99.7 Å². The van der Waals surface area contributed by atoms with Crippen LogP contribution >= 0.6 is 0 Å². The van der Waals surface area contributed by atoms with Gasteiger partial charge in [-0.15, -0.1) is 0 Å². The molecule has 0 bridgehead atoms. The first-order valence-electron chi connectivity index (χ1n) is 5.54. The number of hydrogen-bond donors (Lipinski definition) is 1. The standard InChI is InChI=1S/C14H15FO2/c1-9-5-13(15)4-3-11(9)7-14(16)12-6-10(2)17-8-12/h3-6,8,14,16H,7H2,1-2H3. The lowest BCUT2D eigenvalue weighted by atomic mass is 9.99. The zero-order valence-corrected chi connectivity index (χ0v) is 9.90. The van der Waals surface area contributed by atoms with E-state index >= 15 is 0 Å². The summed E-state index contributed by atoms with van der Waals surface area (Å²) < 4.78 is 18.1. The van der Waals surface area contributed by atoms with Crippen molar-refractivity contribution in [1.82, 2.24) is 0 Å². The Morgan fingerprint density at radius 1 is 1.29 bits per heavy atom. The molecule has 0 saturated carbocycles. The molecule has 0 amide bonds. The van der Waals surface area contributed by atoms with E-state index in [1.54, 1.807) is 12.3 Å². The Kier molecular flexibility index (Phi) is 3.29. The van der Waals surface area contributed by atoms with Gasteiger partial charge in [-0.25, -0.2) is 4.39 Å². The van der Waals surface area contributed by atoms with Crippen LogP contribution in [-0.4, -0.2) is 5.11 Å². The van der Waals surface area contributed by atoms with Crippen molar-refractivity contribution in [1.29, 1.82) is 0 Å². The molecule has 1 aromatic heterocycles. The number of aryl methyl sites for hydroxylation is 2. The Morgan fingerprint density at radius 2 is 2.06 bits per heavy atom. The minimum atomic E-state index is -0.614. The van der Waals surface area contributed by atoms with Gasteiger partial charge in [-0.2, -0.15) is 0 Å². The Balaban J connectivity index is 2.15. The largest absolute Gasteiger partial charge is 0.469 e. The van der Waals surface area contributed by atoms with Crippen molar-refractivity contribution >= 4 is 0 Å². The van der Waals surface area contributed by atoms with Gasteiger partial charge in [-0.3, -0.25) is 0 Å². The highest BCUT2D eigenvalue weighted by Gasteiger charge is 2.12. The second-order valence-corrected chi connectivity index (χ2v) is 4.28. The maximum atomic E-state index is 12.9. The van der Waals surface area contributed by atoms with E-state index in [0.29, 0.717) is 6.42 Å². The zero-order valence-electron chi connectivity index (χ0n) is 9.90. The van der Waals surface area contributed by atoms with Gasteiger partial charge in [0.2, 0.25) is 0 Å². The second kappa shape index (κ2) is 4.72. The summed E-state index contributed by atoms with van der Waals surface area (Å²) in [6.07, 6.45) is 1.40. The van der Waals surface area contributed by atoms with Gasteiger partial charge in [0.25, 0.3) is 0 Å². The lowest BCUT2D eigenvalue weighted by molar-refractivity contribution is 0.177. The molecule has 0 aliphatic carbocycles. The third-order valence-electron chi connectivity index (χ3n) is 2.85. The van der Waals surface area contributed by atoms with Gasteiger partial charge in [0.15, 0.2) is 0 Å². The highest BCUT2D eigenvalue weighted by Crippen LogP contribution is 2.22. The van der Waals surface area contributed by atoms with Gasteiger partial charge in [0.05, 0.1) is 12.4 Å². The number of furan rings is 1. The third-order valence-corrected chi connectivity index (χ3v) is 2.85. The van der Waals surface area contributed by atoms with E-state index in [1.807, 2.05) is 19.9 Å². The molecule has 1 unspecified atom stereocenters. The van der Waals surface area contributed by atoms with E-state index < -0.39 is 6.10 Å². The SMILES string of the molecule is Cc1cc(C(O)Cc2ccc(F)cc2C)co1. The first kappa shape index (κ1) is 11.9. The topological polar surface area (TPSA) is 33.4 Å². The number of rotatable bonds is 3. The molecule has 2 aromatic rings.